The van der Waals surface area contributed by atoms with Gasteiger partial charge in [-0.25, -0.2) is 14.6 Å². The van der Waals surface area contributed by atoms with Gasteiger partial charge in [-0.2, -0.15) is 5.10 Å². The van der Waals surface area contributed by atoms with Crippen LogP contribution in [0.15, 0.2) is 12.9 Å². The molecule has 21 heavy (non-hydrogen) atoms. The molecule has 9 nitrogen and oxygen atoms in total. The van der Waals surface area contributed by atoms with Crippen LogP contribution in [-0.4, -0.2) is 60.0 Å². The Morgan fingerprint density at radius 2 is 2.14 bits per heavy atom. The highest BCUT2D eigenvalue weighted by Crippen LogP contribution is 2.32. The van der Waals surface area contributed by atoms with Crippen molar-refractivity contribution in [2.45, 2.75) is 24.5 Å². The molecule has 0 unspecified atom stereocenters. The maximum atomic E-state index is 10.1. The average Bonchev–Trinajstić information content (AvgIpc) is 2.99. The Balaban J connectivity index is 2.14. The summed E-state index contributed by atoms with van der Waals surface area (Å²) in [5.74, 6) is 0.230. The number of ether oxygens (including phenoxy) is 1. The van der Waals surface area contributed by atoms with Gasteiger partial charge in [-0.3, -0.25) is 0 Å². The van der Waals surface area contributed by atoms with E-state index in [1.165, 1.54) is 17.1 Å². The van der Waals surface area contributed by atoms with E-state index >= 15 is 0 Å². The number of aliphatic hydroxyl groups is 3. The molecule has 0 radical (unpaired) electrons. The minimum atomic E-state index is -1.25. The fourth-order valence-electron chi connectivity index (χ4n) is 2.42. The molecule has 3 heterocycles. The number of nitrogens with two attached hydrogens (primary N) is 1. The van der Waals surface area contributed by atoms with E-state index in [0.717, 1.165) is 0 Å². The van der Waals surface area contributed by atoms with Crippen molar-refractivity contribution < 1.29 is 20.1 Å². The number of hydrogen-bond acceptors (Lipinski definition) is 8. The van der Waals surface area contributed by atoms with Crippen LogP contribution < -0.4 is 5.73 Å². The minimum absolute atomic E-state index is 0.230. The number of hydrogen-bond donors (Lipinski definition) is 4. The standard InChI is InChI=1S/C12H15N5O4/c1-2-5-7-10(13)14-4-15-11(7)17(16-5)12-9(20)8(19)6(3-18)21-12/h2,4,6,8-9,12,18-20H,1,3H2,(H2,13,14,15)/t6-,8-,9-,12-/m1/s1. The van der Waals surface area contributed by atoms with E-state index in [0.29, 0.717) is 16.7 Å². The summed E-state index contributed by atoms with van der Waals surface area (Å²) in [5, 5.41) is 33.8. The normalized spacial score (nSPS) is 29.1. The molecule has 112 valence electrons. The molecule has 3 rings (SSSR count). The van der Waals surface area contributed by atoms with Gasteiger partial charge in [0.1, 0.15) is 30.5 Å². The molecule has 1 fully saturated rings. The second-order valence-electron chi connectivity index (χ2n) is 4.72. The largest absolute Gasteiger partial charge is 0.394 e. The van der Waals surface area contributed by atoms with Gasteiger partial charge in [0.2, 0.25) is 0 Å². The Hall–Kier alpha value is -2.07. The van der Waals surface area contributed by atoms with E-state index < -0.39 is 31.1 Å². The van der Waals surface area contributed by atoms with Crippen LogP contribution in [0, 0.1) is 0 Å². The van der Waals surface area contributed by atoms with E-state index in [4.69, 9.17) is 15.6 Å². The van der Waals surface area contributed by atoms with Crippen LogP contribution in [0.1, 0.15) is 11.9 Å². The summed E-state index contributed by atoms with van der Waals surface area (Å²) in [5.41, 5.74) is 6.61. The van der Waals surface area contributed by atoms with Gasteiger partial charge in [0.15, 0.2) is 11.9 Å². The summed E-state index contributed by atoms with van der Waals surface area (Å²) in [6, 6.07) is 0. The third-order valence-electron chi connectivity index (χ3n) is 3.50. The van der Waals surface area contributed by atoms with Crippen LogP contribution in [0.25, 0.3) is 17.1 Å². The first kappa shape index (κ1) is 13.9. The lowest BCUT2D eigenvalue weighted by Gasteiger charge is -2.15. The zero-order valence-corrected chi connectivity index (χ0v) is 11.0. The molecule has 5 N–H and O–H groups in total. The van der Waals surface area contributed by atoms with Gasteiger partial charge in [-0.05, 0) is 6.08 Å². The van der Waals surface area contributed by atoms with Gasteiger partial charge in [-0.1, -0.05) is 6.58 Å². The predicted octanol–water partition coefficient (Wildman–Crippen LogP) is -1.34. The van der Waals surface area contributed by atoms with Crippen molar-refractivity contribution in [2.75, 3.05) is 12.3 Å². The Labute approximate surface area is 119 Å². The molecule has 0 saturated carbocycles. The molecule has 9 heteroatoms. The molecular formula is C12H15N5O4. The van der Waals surface area contributed by atoms with Gasteiger partial charge in [0.25, 0.3) is 0 Å². The first-order valence-electron chi connectivity index (χ1n) is 6.32. The first-order valence-corrected chi connectivity index (χ1v) is 6.32. The second-order valence-corrected chi connectivity index (χ2v) is 4.72. The topological polar surface area (TPSA) is 140 Å². The molecule has 0 aromatic carbocycles. The van der Waals surface area contributed by atoms with Crippen molar-refractivity contribution >= 4 is 22.9 Å². The van der Waals surface area contributed by atoms with Crippen molar-refractivity contribution in [1.82, 2.24) is 19.7 Å². The van der Waals surface area contributed by atoms with Gasteiger partial charge in [0.05, 0.1) is 17.7 Å². The Bertz CT molecular complexity index is 688. The molecule has 1 aliphatic heterocycles. The highest BCUT2D eigenvalue weighted by Gasteiger charge is 2.44. The third-order valence-corrected chi connectivity index (χ3v) is 3.50. The summed E-state index contributed by atoms with van der Waals surface area (Å²) < 4.78 is 6.76. The zero-order valence-electron chi connectivity index (χ0n) is 11.0. The highest BCUT2D eigenvalue weighted by atomic mass is 16.6. The van der Waals surface area contributed by atoms with E-state index in [9.17, 15) is 10.2 Å². The van der Waals surface area contributed by atoms with Crippen LogP contribution in [-0.2, 0) is 4.74 Å². The van der Waals surface area contributed by atoms with E-state index in [1.807, 2.05) is 0 Å². The predicted molar refractivity (Wildman–Crippen MR) is 72.8 cm³/mol. The Kier molecular flexibility index (Phi) is 3.33. The number of nitrogen functional groups attached to an aromatic ring is 1. The molecule has 1 aliphatic rings. The summed E-state index contributed by atoms with van der Waals surface area (Å²) in [4.78, 5) is 7.99. The van der Waals surface area contributed by atoms with Crippen LogP contribution in [0.5, 0.6) is 0 Å². The highest BCUT2D eigenvalue weighted by molar-refractivity contribution is 5.92. The molecule has 0 amide bonds. The fraction of sp³-hybridized carbons (Fsp3) is 0.417. The molecule has 0 aliphatic carbocycles. The smallest absolute Gasteiger partial charge is 0.181 e. The van der Waals surface area contributed by atoms with Gasteiger partial charge < -0.3 is 25.8 Å². The number of fused-ring (bicyclic) bond motifs is 1. The lowest BCUT2D eigenvalue weighted by molar-refractivity contribution is -0.0566. The number of anilines is 1. The monoisotopic (exact) mass is 293 g/mol. The van der Waals surface area contributed by atoms with E-state index in [2.05, 4.69) is 21.6 Å². The van der Waals surface area contributed by atoms with Crippen molar-refractivity contribution in [3.05, 3.63) is 18.6 Å². The average molecular weight is 293 g/mol. The van der Waals surface area contributed by atoms with Crippen molar-refractivity contribution in [1.29, 1.82) is 0 Å². The van der Waals surface area contributed by atoms with Crippen LogP contribution in [0.2, 0.25) is 0 Å². The first-order chi connectivity index (χ1) is 10.1. The van der Waals surface area contributed by atoms with Crippen molar-refractivity contribution in [3.63, 3.8) is 0 Å². The molecule has 2 aromatic rings. The molecular weight excluding hydrogens is 278 g/mol. The number of rotatable bonds is 3. The summed E-state index contributed by atoms with van der Waals surface area (Å²) in [6.45, 7) is 3.23. The maximum Gasteiger partial charge on any atom is 0.181 e. The number of aliphatic hydroxyl groups excluding tert-OH is 3. The maximum absolute atomic E-state index is 10.1. The fourth-order valence-corrected chi connectivity index (χ4v) is 2.42. The molecule has 4 atom stereocenters. The zero-order chi connectivity index (χ0) is 15.1. The summed E-state index contributed by atoms with van der Waals surface area (Å²) >= 11 is 0. The molecule has 1 saturated heterocycles. The van der Waals surface area contributed by atoms with Gasteiger partial charge in [0, 0.05) is 0 Å². The molecule has 0 spiro atoms. The van der Waals surface area contributed by atoms with Crippen LogP contribution in [0.4, 0.5) is 5.82 Å². The van der Waals surface area contributed by atoms with Crippen molar-refractivity contribution in [2.24, 2.45) is 0 Å². The third kappa shape index (κ3) is 1.98. The lowest BCUT2D eigenvalue weighted by atomic mass is 10.1. The van der Waals surface area contributed by atoms with Crippen molar-refractivity contribution in [3.8, 4) is 0 Å². The summed E-state index contributed by atoms with van der Waals surface area (Å²) in [6.07, 6.45) is -1.59. The second kappa shape index (κ2) is 5.04. The van der Waals surface area contributed by atoms with Crippen LogP contribution >= 0.6 is 0 Å². The van der Waals surface area contributed by atoms with Gasteiger partial charge in [-0.15, -0.1) is 0 Å². The number of nitrogens with zero attached hydrogens (tertiary/aromatic N) is 4. The molecule has 0 bridgehead atoms. The van der Waals surface area contributed by atoms with Crippen LogP contribution in [0.3, 0.4) is 0 Å². The summed E-state index contributed by atoms with van der Waals surface area (Å²) in [7, 11) is 0. The SMILES string of the molecule is C=Cc1nn([C@@H]2O[C@H](CO)[C@@H](O)[C@H]2O)c2ncnc(N)c12. The minimum Gasteiger partial charge on any atom is -0.394 e. The quantitative estimate of drug-likeness (QED) is 0.545. The number of aromatic nitrogens is 4. The Morgan fingerprint density at radius 3 is 2.76 bits per heavy atom. The molecule has 2 aromatic heterocycles. The van der Waals surface area contributed by atoms with E-state index in [1.54, 1.807) is 0 Å². The lowest BCUT2D eigenvalue weighted by Crippen LogP contribution is -2.33. The Morgan fingerprint density at radius 1 is 1.38 bits per heavy atom. The van der Waals surface area contributed by atoms with E-state index in [-0.39, 0.29) is 5.82 Å². The van der Waals surface area contributed by atoms with Gasteiger partial charge >= 0.3 is 0 Å².